The zero-order valence-electron chi connectivity index (χ0n) is 24.7. The number of nitrogens with one attached hydrogen (secondary N) is 1. The van der Waals surface area contributed by atoms with Crippen LogP contribution in [0.2, 0.25) is 5.02 Å². The number of para-hydroxylation sites is 1. The van der Waals surface area contributed by atoms with E-state index in [4.69, 9.17) is 11.6 Å². The third kappa shape index (κ3) is 3.75. The first-order valence-corrected chi connectivity index (χ1v) is 14.9. The molecule has 5 aromatic rings. The molecule has 2 aliphatic carbocycles. The Labute approximate surface area is 249 Å². The molecule has 0 aromatic heterocycles. The average Bonchev–Trinajstić information content (AvgIpc) is 3.40. The van der Waals surface area contributed by atoms with Crippen molar-refractivity contribution in [3.8, 4) is 22.3 Å². The van der Waals surface area contributed by atoms with E-state index in [-0.39, 0.29) is 10.8 Å². The van der Waals surface area contributed by atoms with Crippen LogP contribution in [0.15, 0.2) is 103 Å². The number of rotatable bonds is 2. The molecule has 7 rings (SSSR count). The van der Waals surface area contributed by atoms with Gasteiger partial charge in [-0.15, -0.1) is 0 Å². The lowest BCUT2D eigenvalue weighted by Gasteiger charge is -2.33. The number of hydrogen-bond acceptors (Lipinski definition) is 1. The Kier molecular flexibility index (Phi) is 5.63. The van der Waals surface area contributed by atoms with Crippen molar-refractivity contribution < 1.29 is 0 Å². The van der Waals surface area contributed by atoms with Crippen molar-refractivity contribution >= 4 is 23.0 Å². The normalized spacial score (nSPS) is 14.4. The van der Waals surface area contributed by atoms with Crippen LogP contribution in [-0.2, 0) is 16.2 Å². The van der Waals surface area contributed by atoms with E-state index in [2.05, 4.69) is 126 Å². The first-order chi connectivity index (χ1) is 19.5. The predicted molar refractivity (Wildman–Crippen MR) is 175 cm³/mol. The summed E-state index contributed by atoms with van der Waals surface area (Å²) in [6.45, 7) is 13.9. The molecule has 2 aliphatic rings. The van der Waals surface area contributed by atoms with Crippen molar-refractivity contribution in [2.75, 3.05) is 5.32 Å². The number of halogens is 1. The second-order valence-corrected chi connectivity index (χ2v) is 14.1. The largest absolute Gasteiger partial charge is 0.354 e. The fraction of sp³-hybridized carbons (Fsp3) is 0.231. The molecule has 0 saturated heterocycles. The zero-order valence-corrected chi connectivity index (χ0v) is 25.4. The Morgan fingerprint density at radius 2 is 1.05 bits per heavy atom. The van der Waals surface area contributed by atoms with Crippen LogP contribution in [0, 0.1) is 0 Å². The molecule has 5 aromatic carbocycles. The van der Waals surface area contributed by atoms with Crippen molar-refractivity contribution in [1.82, 2.24) is 0 Å². The van der Waals surface area contributed by atoms with Crippen LogP contribution >= 0.6 is 11.6 Å². The van der Waals surface area contributed by atoms with Crippen LogP contribution < -0.4 is 5.32 Å². The highest BCUT2D eigenvalue weighted by molar-refractivity contribution is 6.33. The Hall–Kier alpha value is -3.81. The molecular formula is C39H36ClN. The van der Waals surface area contributed by atoms with Gasteiger partial charge in [0.25, 0.3) is 0 Å². The van der Waals surface area contributed by atoms with Gasteiger partial charge in [0.2, 0.25) is 0 Å². The number of hydrogen-bond donors (Lipinski definition) is 1. The van der Waals surface area contributed by atoms with Crippen molar-refractivity contribution in [2.24, 2.45) is 0 Å². The lowest BCUT2D eigenvalue weighted by molar-refractivity contribution is 0.586. The molecule has 204 valence electrons. The van der Waals surface area contributed by atoms with Gasteiger partial charge in [-0.1, -0.05) is 138 Å². The van der Waals surface area contributed by atoms with E-state index >= 15 is 0 Å². The Bertz CT molecular complexity index is 1780. The molecule has 41 heavy (non-hydrogen) atoms. The quantitative estimate of drug-likeness (QED) is 0.224. The van der Waals surface area contributed by atoms with Crippen LogP contribution in [0.5, 0.6) is 0 Å². The molecule has 1 nitrogen and oxygen atoms in total. The van der Waals surface area contributed by atoms with Gasteiger partial charge in [-0.25, -0.2) is 0 Å². The number of anilines is 2. The van der Waals surface area contributed by atoms with Gasteiger partial charge in [0.15, 0.2) is 0 Å². The maximum Gasteiger partial charge on any atom is 0.0726 e. The highest BCUT2D eigenvalue weighted by Crippen LogP contribution is 2.64. The lowest BCUT2D eigenvalue weighted by atomic mass is 9.69. The summed E-state index contributed by atoms with van der Waals surface area (Å²) >= 11 is 6.64. The first kappa shape index (κ1) is 26.1. The summed E-state index contributed by atoms with van der Waals surface area (Å²) in [5, 5.41) is 4.42. The molecular weight excluding hydrogens is 518 g/mol. The van der Waals surface area contributed by atoms with Crippen LogP contribution in [0.4, 0.5) is 11.4 Å². The summed E-state index contributed by atoms with van der Waals surface area (Å²) in [6.07, 6.45) is 0. The van der Waals surface area contributed by atoms with Gasteiger partial charge in [-0.05, 0) is 79.1 Å². The third-order valence-electron chi connectivity index (χ3n) is 9.08. The van der Waals surface area contributed by atoms with Crippen molar-refractivity contribution in [1.29, 1.82) is 0 Å². The molecule has 0 radical (unpaired) electrons. The minimum absolute atomic E-state index is 0.0377. The molecule has 0 amide bonds. The van der Waals surface area contributed by atoms with Gasteiger partial charge >= 0.3 is 0 Å². The minimum Gasteiger partial charge on any atom is -0.354 e. The standard InChI is InChI=1S/C39H36ClN/c1-37(2,3)24-18-20-26-27-21-19-25(38(4,5)6)23-32(27)39(31(26)22-24)29-13-8-7-12-28(29)36-30(39)14-11-17-35(36)41-34-16-10-9-15-33(34)40/h7-23,41H,1-6H3. The average molecular weight is 554 g/mol. The van der Waals surface area contributed by atoms with Crippen molar-refractivity contribution in [3.05, 3.63) is 142 Å². The van der Waals surface area contributed by atoms with Gasteiger partial charge in [-0.2, -0.15) is 0 Å². The Morgan fingerprint density at radius 1 is 0.512 bits per heavy atom. The summed E-state index contributed by atoms with van der Waals surface area (Å²) in [5.41, 5.74) is 15.0. The predicted octanol–water partition coefficient (Wildman–Crippen LogP) is 11.0. The van der Waals surface area contributed by atoms with E-state index < -0.39 is 5.41 Å². The monoisotopic (exact) mass is 553 g/mol. The molecule has 0 bridgehead atoms. The van der Waals surface area contributed by atoms with Crippen LogP contribution in [0.25, 0.3) is 22.3 Å². The molecule has 0 unspecified atom stereocenters. The molecule has 2 heteroatoms. The van der Waals surface area contributed by atoms with Crippen LogP contribution in [0.1, 0.15) is 74.9 Å². The molecule has 0 saturated carbocycles. The second-order valence-electron chi connectivity index (χ2n) is 13.6. The van der Waals surface area contributed by atoms with Gasteiger partial charge in [-0.3, -0.25) is 0 Å². The lowest BCUT2D eigenvalue weighted by Crippen LogP contribution is -2.27. The highest BCUT2D eigenvalue weighted by atomic mass is 35.5. The molecule has 0 fully saturated rings. The van der Waals surface area contributed by atoms with Crippen LogP contribution in [0.3, 0.4) is 0 Å². The van der Waals surface area contributed by atoms with Gasteiger partial charge in [0.1, 0.15) is 0 Å². The number of fused-ring (bicyclic) bond motifs is 10. The maximum atomic E-state index is 6.64. The summed E-state index contributed by atoms with van der Waals surface area (Å²) < 4.78 is 0. The summed E-state index contributed by atoms with van der Waals surface area (Å²) in [5.74, 6) is 0. The SMILES string of the molecule is CC(C)(C)c1ccc2c(c1)C1(c3cc(C(C)(C)C)ccc3-2)c2ccccc2-c2c(Nc3ccccc3Cl)cccc21. The van der Waals surface area contributed by atoms with Crippen LogP contribution in [-0.4, -0.2) is 0 Å². The van der Waals surface area contributed by atoms with Gasteiger partial charge < -0.3 is 5.32 Å². The molecule has 0 atom stereocenters. The summed E-state index contributed by atoms with van der Waals surface area (Å²) in [7, 11) is 0. The van der Waals surface area contributed by atoms with E-state index in [0.29, 0.717) is 5.02 Å². The zero-order chi connectivity index (χ0) is 28.7. The summed E-state index contributed by atoms with van der Waals surface area (Å²) in [6, 6.07) is 38.1. The third-order valence-corrected chi connectivity index (χ3v) is 9.41. The van der Waals surface area contributed by atoms with Gasteiger partial charge in [0.05, 0.1) is 16.1 Å². The van der Waals surface area contributed by atoms with E-state index in [1.165, 1.54) is 55.6 Å². The molecule has 0 heterocycles. The fourth-order valence-corrected chi connectivity index (χ4v) is 7.16. The highest BCUT2D eigenvalue weighted by Gasteiger charge is 2.52. The maximum absolute atomic E-state index is 6.64. The number of benzene rings is 5. The van der Waals surface area contributed by atoms with Gasteiger partial charge in [0, 0.05) is 11.3 Å². The van der Waals surface area contributed by atoms with E-state index in [1.807, 2.05) is 24.3 Å². The fourth-order valence-electron chi connectivity index (χ4n) is 6.98. The van der Waals surface area contributed by atoms with Crippen molar-refractivity contribution in [2.45, 2.75) is 57.8 Å². The topological polar surface area (TPSA) is 12.0 Å². The van der Waals surface area contributed by atoms with E-state index in [9.17, 15) is 0 Å². The molecule has 1 spiro atoms. The first-order valence-electron chi connectivity index (χ1n) is 14.6. The smallest absolute Gasteiger partial charge is 0.0726 e. The van der Waals surface area contributed by atoms with E-state index in [1.54, 1.807) is 0 Å². The second kappa shape index (κ2) is 8.84. The summed E-state index contributed by atoms with van der Waals surface area (Å²) in [4.78, 5) is 0. The Morgan fingerprint density at radius 3 is 1.66 bits per heavy atom. The van der Waals surface area contributed by atoms with E-state index in [0.717, 1.165) is 11.4 Å². The van der Waals surface area contributed by atoms with Crippen molar-refractivity contribution in [3.63, 3.8) is 0 Å². The molecule has 0 aliphatic heterocycles. The Balaban J connectivity index is 1.60. The molecule has 1 N–H and O–H groups in total. The minimum atomic E-state index is -0.405.